The van der Waals surface area contributed by atoms with Crippen LogP contribution >= 0.6 is 11.6 Å². The molecule has 1 heterocycles. The van der Waals surface area contributed by atoms with Crippen LogP contribution in [0.25, 0.3) is 0 Å². The maximum Gasteiger partial charge on any atom is 0.224 e. The molecule has 3 atom stereocenters. The number of rotatable bonds is 7. The van der Waals surface area contributed by atoms with E-state index in [2.05, 4.69) is 5.32 Å². The second-order valence-corrected chi connectivity index (χ2v) is 7.33. The first kappa shape index (κ1) is 15.3. The number of fused-ring (bicyclic) bond motifs is 1. The van der Waals surface area contributed by atoms with Gasteiger partial charge in [-0.2, -0.15) is 0 Å². The molecule has 1 amide bonds. The van der Waals surface area contributed by atoms with E-state index in [1.807, 2.05) is 6.07 Å². The first-order valence-corrected chi connectivity index (χ1v) is 8.92. The molecule has 5 heteroatoms. The van der Waals surface area contributed by atoms with Crippen LogP contribution in [-0.2, 0) is 9.53 Å². The molecule has 0 spiro atoms. The molecule has 1 aromatic rings. The zero-order valence-electron chi connectivity index (χ0n) is 13.1. The summed E-state index contributed by atoms with van der Waals surface area (Å²) in [6, 6.07) is 5.37. The van der Waals surface area contributed by atoms with E-state index in [0.29, 0.717) is 23.8 Å². The lowest BCUT2D eigenvalue weighted by molar-refractivity contribution is -0.116. The van der Waals surface area contributed by atoms with Crippen LogP contribution in [-0.4, -0.2) is 25.2 Å². The Bertz CT molecular complexity index is 592. The average Bonchev–Trinajstić information content (AvgIpc) is 3.43. The lowest BCUT2D eigenvalue weighted by Crippen LogP contribution is -2.12. The van der Waals surface area contributed by atoms with E-state index in [4.69, 9.17) is 21.1 Å². The first-order chi connectivity index (χ1) is 11.2. The number of hydrogen-bond acceptors (Lipinski definition) is 3. The number of anilines is 1. The highest BCUT2D eigenvalue weighted by Crippen LogP contribution is 2.59. The average molecular weight is 336 g/mol. The van der Waals surface area contributed by atoms with E-state index in [0.717, 1.165) is 36.5 Å². The summed E-state index contributed by atoms with van der Waals surface area (Å²) in [5, 5.41) is 3.45. The van der Waals surface area contributed by atoms with Crippen molar-refractivity contribution < 1.29 is 14.3 Å². The highest BCUT2D eigenvalue weighted by Gasteiger charge is 2.51. The predicted molar refractivity (Wildman–Crippen MR) is 88.9 cm³/mol. The number of hydrogen-bond donors (Lipinski definition) is 1. The lowest BCUT2D eigenvalue weighted by atomic mass is 10.1. The molecule has 0 radical (unpaired) electrons. The number of amides is 1. The van der Waals surface area contributed by atoms with E-state index in [1.54, 1.807) is 12.1 Å². The maximum atomic E-state index is 12.1. The van der Waals surface area contributed by atoms with Gasteiger partial charge in [0.1, 0.15) is 18.5 Å². The van der Waals surface area contributed by atoms with Crippen molar-refractivity contribution in [1.29, 1.82) is 0 Å². The van der Waals surface area contributed by atoms with Gasteiger partial charge in [0.15, 0.2) is 0 Å². The van der Waals surface area contributed by atoms with Crippen LogP contribution in [0.5, 0.6) is 5.75 Å². The third-order valence-corrected chi connectivity index (χ3v) is 5.63. The lowest BCUT2D eigenvalue weighted by Gasteiger charge is -2.10. The fourth-order valence-electron chi connectivity index (χ4n) is 3.96. The Kier molecular flexibility index (Phi) is 4.20. The van der Waals surface area contributed by atoms with Gasteiger partial charge in [-0.05, 0) is 55.2 Å². The number of ether oxygens (including phenoxy) is 2. The van der Waals surface area contributed by atoms with Crippen molar-refractivity contribution in [2.24, 2.45) is 17.8 Å². The van der Waals surface area contributed by atoms with E-state index < -0.39 is 0 Å². The zero-order chi connectivity index (χ0) is 15.8. The van der Waals surface area contributed by atoms with Gasteiger partial charge < -0.3 is 14.8 Å². The summed E-state index contributed by atoms with van der Waals surface area (Å²) in [6.07, 6.45) is 5.97. The molecule has 4 nitrogen and oxygen atoms in total. The van der Waals surface area contributed by atoms with E-state index >= 15 is 0 Å². The van der Waals surface area contributed by atoms with Crippen molar-refractivity contribution in [3.8, 4) is 5.75 Å². The highest BCUT2D eigenvalue weighted by molar-refractivity contribution is 6.32. The number of carbonyl (C=O) groups is 1. The summed E-state index contributed by atoms with van der Waals surface area (Å²) >= 11 is 6.20. The van der Waals surface area contributed by atoms with Crippen molar-refractivity contribution in [3.05, 3.63) is 23.2 Å². The SMILES string of the molecule is O=C(CCC1C2CCCC21)Nc1ccc(OCC2CO2)c(Cl)c1. The van der Waals surface area contributed by atoms with Crippen LogP contribution in [0.3, 0.4) is 0 Å². The molecule has 1 aliphatic heterocycles. The molecule has 4 rings (SSSR count). The summed E-state index contributed by atoms with van der Waals surface area (Å²) in [6.45, 7) is 1.28. The number of halogens is 1. The van der Waals surface area contributed by atoms with Crippen LogP contribution in [0.1, 0.15) is 32.1 Å². The number of epoxide rings is 1. The molecule has 3 unspecified atom stereocenters. The molecule has 124 valence electrons. The van der Waals surface area contributed by atoms with Gasteiger partial charge in [0, 0.05) is 12.1 Å². The Morgan fingerprint density at radius 3 is 2.83 bits per heavy atom. The number of carbonyl (C=O) groups excluding carboxylic acids is 1. The predicted octanol–water partition coefficient (Wildman–Crippen LogP) is 3.88. The second kappa shape index (κ2) is 6.33. The number of benzene rings is 1. The van der Waals surface area contributed by atoms with E-state index in [9.17, 15) is 4.79 Å². The topological polar surface area (TPSA) is 50.9 Å². The fourth-order valence-corrected chi connectivity index (χ4v) is 4.20. The van der Waals surface area contributed by atoms with Crippen molar-refractivity contribution in [2.75, 3.05) is 18.5 Å². The van der Waals surface area contributed by atoms with Gasteiger partial charge in [-0.25, -0.2) is 0 Å². The van der Waals surface area contributed by atoms with Crippen molar-refractivity contribution >= 4 is 23.2 Å². The van der Waals surface area contributed by atoms with Gasteiger partial charge in [-0.15, -0.1) is 0 Å². The van der Waals surface area contributed by atoms with E-state index in [-0.39, 0.29) is 12.0 Å². The van der Waals surface area contributed by atoms with Crippen molar-refractivity contribution in [2.45, 2.75) is 38.2 Å². The summed E-state index contributed by atoms with van der Waals surface area (Å²) < 4.78 is 10.7. The molecule has 1 saturated heterocycles. The third kappa shape index (κ3) is 3.64. The van der Waals surface area contributed by atoms with Crippen LogP contribution < -0.4 is 10.1 Å². The zero-order valence-corrected chi connectivity index (χ0v) is 13.8. The normalized spacial score (nSPS) is 30.7. The molecule has 0 aromatic heterocycles. The third-order valence-electron chi connectivity index (χ3n) is 5.33. The minimum absolute atomic E-state index is 0.0751. The molecular weight excluding hydrogens is 314 g/mol. The molecule has 23 heavy (non-hydrogen) atoms. The van der Waals surface area contributed by atoms with Gasteiger partial charge in [0.05, 0.1) is 11.6 Å². The van der Waals surface area contributed by atoms with Crippen LogP contribution in [0.4, 0.5) is 5.69 Å². The summed E-state index contributed by atoms with van der Waals surface area (Å²) in [5.41, 5.74) is 0.728. The quantitative estimate of drug-likeness (QED) is 0.769. The molecule has 1 aromatic carbocycles. The monoisotopic (exact) mass is 335 g/mol. The Morgan fingerprint density at radius 1 is 1.35 bits per heavy atom. The standard InChI is InChI=1S/C18H22ClNO3/c19-16-8-11(4-6-17(16)23-10-12-9-22-12)20-18(21)7-5-15-13-2-1-3-14(13)15/h4,6,8,12-15H,1-3,5,7,9-10H2,(H,20,21). The molecule has 0 bridgehead atoms. The van der Waals surface area contributed by atoms with Gasteiger partial charge >= 0.3 is 0 Å². The van der Waals surface area contributed by atoms with Crippen LogP contribution in [0, 0.1) is 17.8 Å². The minimum atomic E-state index is 0.0751. The Hall–Kier alpha value is -1.26. The molecule has 2 saturated carbocycles. The largest absolute Gasteiger partial charge is 0.489 e. The van der Waals surface area contributed by atoms with Gasteiger partial charge in [0.2, 0.25) is 5.91 Å². The first-order valence-electron chi connectivity index (χ1n) is 8.54. The molecule has 1 N–H and O–H groups in total. The Morgan fingerprint density at radius 2 is 2.13 bits per heavy atom. The minimum Gasteiger partial charge on any atom is -0.489 e. The molecular formula is C18H22ClNO3. The van der Waals surface area contributed by atoms with Gasteiger partial charge in [0.25, 0.3) is 0 Å². The Labute approximate surface area is 141 Å². The van der Waals surface area contributed by atoms with Crippen LogP contribution in [0.2, 0.25) is 5.02 Å². The van der Waals surface area contributed by atoms with Crippen LogP contribution in [0.15, 0.2) is 18.2 Å². The van der Waals surface area contributed by atoms with Gasteiger partial charge in [-0.1, -0.05) is 18.0 Å². The fraction of sp³-hybridized carbons (Fsp3) is 0.611. The molecule has 3 aliphatic rings. The summed E-state index contributed by atoms with van der Waals surface area (Å²) in [4.78, 5) is 12.1. The van der Waals surface area contributed by atoms with E-state index in [1.165, 1.54) is 19.3 Å². The second-order valence-electron chi connectivity index (χ2n) is 6.92. The van der Waals surface area contributed by atoms with Gasteiger partial charge in [-0.3, -0.25) is 4.79 Å². The Balaban J connectivity index is 1.24. The maximum absolute atomic E-state index is 12.1. The summed E-state index contributed by atoms with van der Waals surface area (Å²) in [7, 11) is 0. The van der Waals surface area contributed by atoms with Crippen molar-refractivity contribution in [1.82, 2.24) is 0 Å². The molecule has 2 aliphatic carbocycles. The molecule has 3 fully saturated rings. The highest BCUT2D eigenvalue weighted by atomic mass is 35.5. The smallest absolute Gasteiger partial charge is 0.224 e. The summed E-state index contributed by atoms with van der Waals surface area (Å²) in [5.74, 6) is 3.35. The number of nitrogens with one attached hydrogen (secondary N) is 1. The van der Waals surface area contributed by atoms with Crippen molar-refractivity contribution in [3.63, 3.8) is 0 Å².